The summed E-state index contributed by atoms with van der Waals surface area (Å²) in [4.78, 5) is 101. The van der Waals surface area contributed by atoms with Crippen LogP contribution in [0.2, 0.25) is 0 Å². The summed E-state index contributed by atoms with van der Waals surface area (Å²) in [7, 11) is 4.32. The third-order valence-corrected chi connectivity index (χ3v) is 11.9. The number of cyclic esters (lactones) is 2. The number of hydrogen-bond donors (Lipinski definition) is 3. The van der Waals surface area contributed by atoms with Gasteiger partial charge in [-0.05, 0) is 45.1 Å². The van der Waals surface area contributed by atoms with Gasteiger partial charge in [0.05, 0.1) is 12.6 Å². The van der Waals surface area contributed by atoms with Gasteiger partial charge in [0.25, 0.3) is 5.91 Å². The average molecular weight is 842 g/mol. The molecule has 0 saturated carbocycles. The van der Waals surface area contributed by atoms with Crippen LogP contribution in [0.5, 0.6) is 0 Å². The van der Waals surface area contributed by atoms with Crippen molar-refractivity contribution in [3.05, 3.63) is 47.5 Å². The Kier molecular flexibility index (Phi) is 20.9. The molecule has 10 unspecified atom stereocenters. The molecule has 0 fully saturated rings. The molecule has 1 heterocycles. The quantitative estimate of drug-likeness (QED) is 0.276. The SMILES string of the molecule is CCCCC(O)C(C)C1CC=C(C)C(=O)OC(C(C)CC)C(=O)NC(C)C(=O)N(C)C(Cc2ccccc2)C(=O)N(C)CC(=O)NC(C(C)CC)C(=O)N(C)C(C)C(=O)O1. The second-order valence-electron chi connectivity index (χ2n) is 16.5. The van der Waals surface area contributed by atoms with E-state index in [1.807, 2.05) is 39.0 Å². The molecule has 3 N–H and O–H groups in total. The van der Waals surface area contributed by atoms with E-state index >= 15 is 0 Å². The number of carbonyl (C=O) groups excluding carboxylic acids is 7. The fourth-order valence-corrected chi connectivity index (χ4v) is 6.83. The van der Waals surface area contributed by atoms with Crippen LogP contribution in [0.4, 0.5) is 0 Å². The molecule has 0 bridgehead atoms. The molecule has 0 aliphatic carbocycles. The monoisotopic (exact) mass is 842 g/mol. The maximum Gasteiger partial charge on any atom is 0.334 e. The minimum Gasteiger partial charge on any atom is -0.460 e. The number of hydrogen-bond acceptors (Lipinski definition) is 10. The number of ether oxygens (including phenoxy) is 2. The Balaban J connectivity index is 2.68. The number of aliphatic hydroxyl groups excluding tert-OH is 1. The summed E-state index contributed by atoms with van der Waals surface area (Å²) in [5.74, 6) is -5.95. The topological polar surface area (TPSA) is 192 Å². The standard InChI is InChI=1S/C45H71N5O10/c1-13-16-22-35(51)30(7)36-24-23-29(6)44(57)60-39(28(5)15-3)40(53)46-31(8)41(54)50(12)34(25-33-20-18-17-19-21-33)42(55)48(10)26-37(52)47-38(27(4)14-2)43(56)49(11)32(9)45(58)59-36/h17-21,23,27-28,30-32,34-36,38-39,51H,13-16,22,24-26H2,1-12H3,(H,46,53)(H,47,52). The van der Waals surface area contributed by atoms with Crippen molar-refractivity contribution in [1.29, 1.82) is 0 Å². The molecule has 2 rings (SSSR count). The highest BCUT2D eigenvalue weighted by Gasteiger charge is 2.38. The molecule has 0 saturated heterocycles. The molecule has 1 aromatic carbocycles. The molecular formula is C45H71N5O10. The van der Waals surface area contributed by atoms with Crippen LogP contribution in [0.25, 0.3) is 0 Å². The first-order valence-corrected chi connectivity index (χ1v) is 21.4. The molecular weight excluding hydrogens is 771 g/mol. The molecule has 1 aromatic rings. The smallest absolute Gasteiger partial charge is 0.334 e. The lowest BCUT2D eigenvalue weighted by Crippen LogP contribution is -2.58. The molecule has 0 aromatic heterocycles. The summed E-state index contributed by atoms with van der Waals surface area (Å²) in [6, 6.07) is 4.63. The zero-order valence-electron chi connectivity index (χ0n) is 37.9. The van der Waals surface area contributed by atoms with E-state index < -0.39 is 102 Å². The van der Waals surface area contributed by atoms with E-state index in [1.54, 1.807) is 32.9 Å². The maximum atomic E-state index is 14.2. The van der Waals surface area contributed by atoms with E-state index in [4.69, 9.17) is 9.47 Å². The number of nitrogens with one attached hydrogen (secondary N) is 2. The Bertz CT molecular complexity index is 1650. The zero-order chi connectivity index (χ0) is 45.4. The van der Waals surface area contributed by atoms with Gasteiger partial charge in [-0.3, -0.25) is 24.0 Å². The van der Waals surface area contributed by atoms with Gasteiger partial charge < -0.3 is 39.9 Å². The van der Waals surface area contributed by atoms with Gasteiger partial charge in [0.2, 0.25) is 23.6 Å². The van der Waals surface area contributed by atoms with Crippen molar-refractivity contribution in [2.45, 2.75) is 150 Å². The fourth-order valence-electron chi connectivity index (χ4n) is 6.83. The maximum absolute atomic E-state index is 14.2. The number of amides is 5. The number of nitrogens with zero attached hydrogens (tertiary/aromatic N) is 3. The van der Waals surface area contributed by atoms with E-state index in [9.17, 15) is 38.7 Å². The van der Waals surface area contributed by atoms with Gasteiger partial charge in [-0.1, -0.05) is 97.2 Å². The molecule has 0 radical (unpaired) electrons. The lowest BCUT2D eigenvalue weighted by atomic mass is 9.91. The van der Waals surface area contributed by atoms with Gasteiger partial charge in [-0.2, -0.15) is 0 Å². The molecule has 0 spiro atoms. The van der Waals surface area contributed by atoms with E-state index in [0.29, 0.717) is 19.3 Å². The predicted molar refractivity (Wildman–Crippen MR) is 228 cm³/mol. The van der Waals surface area contributed by atoms with Crippen LogP contribution >= 0.6 is 0 Å². The lowest BCUT2D eigenvalue weighted by molar-refractivity contribution is -0.162. The van der Waals surface area contributed by atoms with E-state index in [2.05, 4.69) is 10.6 Å². The fraction of sp³-hybridized carbons (Fsp3) is 0.667. The summed E-state index contributed by atoms with van der Waals surface area (Å²) < 4.78 is 11.8. The van der Waals surface area contributed by atoms with Gasteiger partial charge in [-0.15, -0.1) is 0 Å². The molecule has 15 nitrogen and oxygen atoms in total. The first-order chi connectivity index (χ1) is 28.2. The predicted octanol–water partition coefficient (Wildman–Crippen LogP) is 3.80. The van der Waals surface area contributed by atoms with Crippen molar-refractivity contribution in [2.75, 3.05) is 27.7 Å². The number of esters is 2. The van der Waals surface area contributed by atoms with Gasteiger partial charge in [-0.25, -0.2) is 9.59 Å². The minimum absolute atomic E-state index is 0.0153. The first-order valence-electron chi connectivity index (χ1n) is 21.4. The summed E-state index contributed by atoms with van der Waals surface area (Å²) in [6.07, 6.45) is 1.61. The van der Waals surface area contributed by atoms with Crippen LogP contribution in [-0.4, -0.2) is 131 Å². The Labute approximate surface area is 356 Å². The summed E-state index contributed by atoms with van der Waals surface area (Å²) >= 11 is 0. The van der Waals surface area contributed by atoms with Crippen LogP contribution in [0.1, 0.15) is 106 Å². The third-order valence-electron chi connectivity index (χ3n) is 11.9. The highest BCUT2D eigenvalue weighted by molar-refractivity contribution is 5.96. The number of unbranched alkanes of at least 4 members (excludes halogenated alkanes) is 1. The van der Waals surface area contributed by atoms with Crippen molar-refractivity contribution < 1.29 is 48.1 Å². The Morgan fingerprint density at radius 2 is 1.43 bits per heavy atom. The number of benzene rings is 1. The zero-order valence-corrected chi connectivity index (χ0v) is 37.9. The second kappa shape index (κ2) is 24.5. The van der Waals surface area contributed by atoms with E-state index in [1.165, 1.54) is 62.7 Å². The van der Waals surface area contributed by atoms with Gasteiger partial charge >= 0.3 is 11.9 Å². The number of likely N-dealkylation sites (N-methyl/N-ethyl adjacent to an activating group) is 3. The van der Waals surface area contributed by atoms with Crippen molar-refractivity contribution in [3.8, 4) is 0 Å². The molecule has 10 atom stereocenters. The molecule has 5 amide bonds. The molecule has 60 heavy (non-hydrogen) atoms. The number of aliphatic hydroxyl groups is 1. The van der Waals surface area contributed by atoms with Crippen LogP contribution in [0, 0.1) is 17.8 Å². The van der Waals surface area contributed by atoms with Gasteiger partial charge in [0, 0.05) is 51.4 Å². The first kappa shape index (κ1) is 51.4. The van der Waals surface area contributed by atoms with Crippen molar-refractivity contribution in [1.82, 2.24) is 25.3 Å². The van der Waals surface area contributed by atoms with Crippen LogP contribution in [-0.2, 0) is 49.5 Å². The van der Waals surface area contributed by atoms with Crippen LogP contribution in [0.15, 0.2) is 42.0 Å². The van der Waals surface area contributed by atoms with Crippen molar-refractivity contribution in [2.24, 2.45) is 17.8 Å². The highest BCUT2D eigenvalue weighted by atomic mass is 16.6. The summed E-state index contributed by atoms with van der Waals surface area (Å²) in [6.45, 7) is 15.0. The van der Waals surface area contributed by atoms with E-state index in [0.717, 1.165) is 18.4 Å². The molecule has 1 aliphatic rings. The Morgan fingerprint density at radius 1 is 0.817 bits per heavy atom. The highest BCUT2D eigenvalue weighted by Crippen LogP contribution is 2.24. The lowest BCUT2D eigenvalue weighted by Gasteiger charge is -2.34. The van der Waals surface area contributed by atoms with Crippen LogP contribution < -0.4 is 10.6 Å². The molecule has 1 aliphatic heterocycles. The average Bonchev–Trinajstić information content (AvgIpc) is 3.24. The summed E-state index contributed by atoms with van der Waals surface area (Å²) in [5.41, 5.74) is 0.876. The number of rotatable bonds is 11. The Morgan fingerprint density at radius 3 is 2.02 bits per heavy atom. The van der Waals surface area contributed by atoms with Gasteiger partial charge in [0.15, 0.2) is 6.10 Å². The number of carbonyl (C=O) groups is 7. The summed E-state index contributed by atoms with van der Waals surface area (Å²) in [5, 5.41) is 16.5. The van der Waals surface area contributed by atoms with Crippen molar-refractivity contribution >= 4 is 41.5 Å². The van der Waals surface area contributed by atoms with Crippen molar-refractivity contribution in [3.63, 3.8) is 0 Å². The third kappa shape index (κ3) is 14.4. The largest absolute Gasteiger partial charge is 0.460 e. The molecule has 15 heteroatoms. The molecule has 336 valence electrons. The Hall–Kier alpha value is -4.79. The second-order valence-corrected chi connectivity index (χ2v) is 16.5. The van der Waals surface area contributed by atoms with Crippen LogP contribution in [0.3, 0.4) is 0 Å². The minimum atomic E-state index is -1.28. The van der Waals surface area contributed by atoms with Gasteiger partial charge in [0.1, 0.15) is 30.3 Å². The normalized spacial score (nSPS) is 26.2. The van der Waals surface area contributed by atoms with E-state index in [-0.39, 0.29) is 24.3 Å².